The fourth-order valence-corrected chi connectivity index (χ4v) is 0. The smallest absolute Gasteiger partial charge is 0.159 e. The summed E-state index contributed by atoms with van der Waals surface area (Å²) >= 11 is 0. The van der Waals surface area contributed by atoms with Crippen molar-refractivity contribution in [3.63, 3.8) is 0 Å². The summed E-state index contributed by atoms with van der Waals surface area (Å²) in [7, 11) is -5.39. The molecule has 0 saturated carbocycles. The van der Waals surface area contributed by atoms with E-state index in [2.05, 4.69) is 0 Å². The number of hydrogen-bond donors (Lipinski definition) is 0. The molecule has 16 N–H and O–H groups in total. The molecule has 0 aromatic carbocycles. The Hall–Kier alpha value is -0.210. The van der Waals surface area contributed by atoms with Gasteiger partial charge in [0.2, 0.25) is 0 Å². The third-order valence-electron chi connectivity index (χ3n) is 0. The van der Waals surface area contributed by atoms with Crippen molar-refractivity contribution in [2.75, 3.05) is 0 Å². The Balaban J connectivity index is -0.00000000286. The Kier molecular flexibility index (Phi) is 390. The molecule has 0 unspecified atom stereocenters. The molecule has 0 aliphatic heterocycles. The number of hydrogen-bond acceptors (Lipinski definition) is 4. The maximum atomic E-state index is 8.55. The van der Waals surface area contributed by atoms with Gasteiger partial charge in [-0.3, -0.25) is 0 Å². The lowest BCUT2D eigenvalue weighted by Crippen LogP contribution is -2.24. The van der Waals surface area contributed by atoms with Crippen LogP contribution in [0.2, 0.25) is 0 Å². The minimum absolute atomic E-state index is 0. The summed E-state index contributed by atoms with van der Waals surface area (Å²) in [6.45, 7) is 0. The van der Waals surface area contributed by atoms with Crippen LogP contribution in [0.15, 0.2) is 0 Å². The SMILES string of the molecule is O.O.O.O.O.O.O.O.O=P([O-])([O-])[O-]. The highest BCUT2D eigenvalue weighted by atomic mass is 31.2. The summed E-state index contributed by atoms with van der Waals surface area (Å²) in [6.07, 6.45) is 0. The van der Waals surface area contributed by atoms with E-state index in [1.807, 2.05) is 0 Å². The Morgan fingerprint density at radius 3 is 0.538 bits per heavy atom. The van der Waals surface area contributed by atoms with Gasteiger partial charge in [0.25, 0.3) is 0 Å². The standard InChI is InChI=1S/H3O4P.8H2O/c1-5(2,3)4;;;;;;;;/h(H3,1,2,3,4);8*1H2/p-3. The van der Waals surface area contributed by atoms with E-state index < -0.39 is 7.82 Å². The van der Waals surface area contributed by atoms with Gasteiger partial charge in [-0.2, -0.15) is 7.82 Å². The molecule has 0 amide bonds. The molecule has 0 aromatic rings. The maximum Gasteiger partial charge on any atom is -0.159 e. The Labute approximate surface area is 72.2 Å². The van der Waals surface area contributed by atoms with Gasteiger partial charge < -0.3 is 63.1 Å². The van der Waals surface area contributed by atoms with Gasteiger partial charge in [-0.15, -0.1) is 0 Å². The molecule has 0 heterocycles. The second kappa shape index (κ2) is 40.9. The van der Waals surface area contributed by atoms with Gasteiger partial charge in [-0.25, -0.2) is 0 Å². The molecule has 0 bridgehead atoms. The first-order chi connectivity index (χ1) is 2.00. The molecule has 0 aromatic heterocycles. The fourth-order valence-electron chi connectivity index (χ4n) is 0. The summed E-state index contributed by atoms with van der Waals surface area (Å²) in [5, 5.41) is 0. The molecule has 0 saturated heterocycles. The Bertz CT molecular complexity index is 51.3. The predicted octanol–water partition coefficient (Wildman–Crippen LogP) is -9.42. The van der Waals surface area contributed by atoms with Crippen molar-refractivity contribution in [1.82, 2.24) is 0 Å². The second-order valence-electron chi connectivity index (χ2n) is 0.447. The first kappa shape index (κ1) is 124. The quantitative estimate of drug-likeness (QED) is 0.370. The van der Waals surface area contributed by atoms with Crippen LogP contribution in [-0.4, -0.2) is 43.8 Å². The van der Waals surface area contributed by atoms with Gasteiger partial charge in [0.1, 0.15) is 0 Å². The molecule has 13 heavy (non-hydrogen) atoms. The van der Waals surface area contributed by atoms with E-state index >= 15 is 0 Å². The molecular formula is H16O12P-3. The van der Waals surface area contributed by atoms with Crippen LogP contribution in [-0.2, 0) is 4.57 Å². The first-order valence-electron chi connectivity index (χ1n) is 0.730. The zero-order valence-electron chi connectivity index (χ0n) is 6.08. The lowest BCUT2D eigenvalue weighted by atomic mass is 15.8. The third-order valence-corrected chi connectivity index (χ3v) is 0. The van der Waals surface area contributed by atoms with Crippen molar-refractivity contribution in [3.05, 3.63) is 0 Å². The van der Waals surface area contributed by atoms with E-state index in [9.17, 15) is 0 Å². The van der Waals surface area contributed by atoms with Crippen LogP contribution < -0.4 is 14.7 Å². The van der Waals surface area contributed by atoms with Gasteiger partial charge in [0.15, 0.2) is 0 Å². The lowest BCUT2D eigenvalue weighted by molar-refractivity contribution is -0.432. The van der Waals surface area contributed by atoms with Crippen LogP contribution >= 0.6 is 7.82 Å². The molecule has 12 nitrogen and oxygen atoms in total. The molecule has 0 spiro atoms. The van der Waals surface area contributed by atoms with Crippen molar-refractivity contribution in [3.8, 4) is 0 Å². The summed E-state index contributed by atoms with van der Waals surface area (Å²) in [5.74, 6) is 0. The molecule has 0 rings (SSSR count). The van der Waals surface area contributed by atoms with Crippen molar-refractivity contribution >= 4 is 7.82 Å². The molecule has 13 heteroatoms. The lowest BCUT2D eigenvalue weighted by Gasteiger charge is -2.36. The van der Waals surface area contributed by atoms with Gasteiger partial charge >= 0.3 is 0 Å². The average Bonchev–Trinajstić information content (AvgIpc) is 0.722. The highest BCUT2D eigenvalue weighted by molar-refractivity contribution is 7.40. The van der Waals surface area contributed by atoms with E-state index in [0.717, 1.165) is 0 Å². The average molecular weight is 239 g/mol. The Morgan fingerprint density at radius 2 is 0.538 bits per heavy atom. The fraction of sp³-hybridized carbons (Fsp3) is 0. The van der Waals surface area contributed by atoms with E-state index in [1.54, 1.807) is 0 Å². The van der Waals surface area contributed by atoms with Crippen LogP contribution in [0.4, 0.5) is 0 Å². The van der Waals surface area contributed by atoms with Crippen LogP contribution in [0.5, 0.6) is 0 Å². The van der Waals surface area contributed by atoms with E-state index in [4.69, 9.17) is 19.2 Å². The van der Waals surface area contributed by atoms with Gasteiger partial charge in [0, 0.05) is 0 Å². The van der Waals surface area contributed by atoms with Gasteiger partial charge in [0.05, 0.1) is 0 Å². The first-order valence-corrected chi connectivity index (χ1v) is 2.19. The van der Waals surface area contributed by atoms with Crippen LogP contribution in [0.1, 0.15) is 0 Å². The molecule has 96 valence electrons. The van der Waals surface area contributed by atoms with Crippen molar-refractivity contribution in [2.45, 2.75) is 0 Å². The summed E-state index contributed by atoms with van der Waals surface area (Å²) < 4.78 is 8.55. The molecule has 0 atom stereocenters. The molecule has 0 aliphatic rings. The summed E-state index contributed by atoms with van der Waals surface area (Å²) in [5.41, 5.74) is 0. The minimum atomic E-state index is -5.39. The minimum Gasteiger partial charge on any atom is -0.822 e. The molecule has 0 fully saturated rings. The van der Waals surface area contributed by atoms with E-state index in [1.165, 1.54) is 0 Å². The molecular weight excluding hydrogens is 223 g/mol. The van der Waals surface area contributed by atoms with Crippen LogP contribution in [0, 0.1) is 0 Å². The van der Waals surface area contributed by atoms with Crippen LogP contribution in [0.3, 0.4) is 0 Å². The number of rotatable bonds is 0. The molecule has 0 aliphatic carbocycles. The third kappa shape index (κ3) is 25600. The Morgan fingerprint density at radius 1 is 0.538 bits per heavy atom. The van der Waals surface area contributed by atoms with E-state index in [-0.39, 0.29) is 43.8 Å². The highest BCUT2D eigenvalue weighted by Gasteiger charge is 1.44. The van der Waals surface area contributed by atoms with Crippen molar-refractivity contribution < 1.29 is 63.1 Å². The maximum absolute atomic E-state index is 8.55. The van der Waals surface area contributed by atoms with Gasteiger partial charge in [-0.05, 0) is 0 Å². The van der Waals surface area contributed by atoms with Gasteiger partial charge in [-0.1, -0.05) is 0 Å². The van der Waals surface area contributed by atoms with Crippen LogP contribution in [0.25, 0.3) is 0 Å². The monoisotopic (exact) mass is 239 g/mol. The van der Waals surface area contributed by atoms with Crippen molar-refractivity contribution in [2.24, 2.45) is 0 Å². The zero-order valence-corrected chi connectivity index (χ0v) is 6.97. The summed E-state index contributed by atoms with van der Waals surface area (Å²) in [4.78, 5) is 25.6. The zero-order chi connectivity index (χ0) is 4.50. The second-order valence-corrected chi connectivity index (χ2v) is 1.34. The number of phosphoric acid groups is 1. The molecule has 0 radical (unpaired) electrons. The van der Waals surface area contributed by atoms with Crippen molar-refractivity contribution in [1.29, 1.82) is 0 Å². The summed E-state index contributed by atoms with van der Waals surface area (Å²) in [6, 6.07) is 0. The topological polar surface area (TPSA) is 338 Å². The normalized spacial score (nSPS) is 4.54. The van der Waals surface area contributed by atoms with E-state index in [0.29, 0.717) is 0 Å². The largest absolute Gasteiger partial charge is 0.822 e. The highest BCUT2D eigenvalue weighted by Crippen LogP contribution is 2.03. The predicted molar refractivity (Wildman–Crippen MR) is 36.5 cm³/mol.